The summed E-state index contributed by atoms with van der Waals surface area (Å²) in [7, 11) is 0. The molecule has 1 aromatic heterocycles. The molecule has 2 heterocycles. The van der Waals surface area contributed by atoms with E-state index in [2.05, 4.69) is 27.0 Å². The monoisotopic (exact) mass is 296 g/mol. The Balaban J connectivity index is 1.57. The van der Waals surface area contributed by atoms with Crippen molar-refractivity contribution in [3.63, 3.8) is 0 Å². The standard InChI is InChI=1S/C13H20N4O2S/c1-20-9-5-4-8(7-9)15-12(18)11-16-13(19-17-11)10-3-2-6-14-10/h8-10,14H,2-7H2,1H3,(H,15,18). The second kappa shape index (κ2) is 6.13. The molecule has 3 unspecified atom stereocenters. The van der Waals surface area contributed by atoms with Crippen LogP contribution >= 0.6 is 11.8 Å². The summed E-state index contributed by atoms with van der Waals surface area (Å²) in [6.45, 7) is 0.965. The molecule has 0 aromatic carbocycles. The van der Waals surface area contributed by atoms with Crippen LogP contribution in [0.2, 0.25) is 0 Å². The van der Waals surface area contributed by atoms with Crippen LogP contribution in [0.25, 0.3) is 0 Å². The molecule has 1 amide bonds. The van der Waals surface area contributed by atoms with Gasteiger partial charge in [0.25, 0.3) is 11.7 Å². The molecule has 110 valence electrons. The quantitative estimate of drug-likeness (QED) is 0.876. The van der Waals surface area contributed by atoms with Gasteiger partial charge in [-0.1, -0.05) is 5.16 Å². The van der Waals surface area contributed by atoms with Crippen molar-refractivity contribution in [2.45, 2.75) is 49.4 Å². The van der Waals surface area contributed by atoms with Crippen LogP contribution in [0.5, 0.6) is 0 Å². The Kier molecular flexibility index (Phi) is 4.26. The third kappa shape index (κ3) is 2.98. The van der Waals surface area contributed by atoms with Gasteiger partial charge in [0.15, 0.2) is 0 Å². The molecule has 0 bridgehead atoms. The average Bonchev–Trinajstić information content (AvgIpc) is 3.19. The van der Waals surface area contributed by atoms with Gasteiger partial charge in [-0.2, -0.15) is 16.7 Å². The zero-order valence-electron chi connectivity index (χ0n) is 11.6. The number of thioether (sulfide) groups is 1. The normalized spacial score (nSPS) is 29.8. The molecule has 2 N–H and O–H groups in total. The van der Waals surface area contributed by atoms with Crippen molar-refractivity contribution in [2.75, 3.05) is 12.8 Å². The summed E-state index contributed by atoms with van der Waals surface area (Å²) in [5, 5.41) is 10.7. The summed E-state index contributed by atoms with van der Waals surface area (Å²) in [4.78, 5) is 16.3. The second-order valence-electron chi connectivity index (χ2n) is 5.45. The molecule has 0 spiro atoms. The summed E-state index contributed by atoms with van der Waals surface area (Å²) in [6.07, 6.45) is 7.44. The van der Waals surface area contributed by atoms with E-state index in [0.717, 1.165) is 38.6 Å². The largest absolute Gasteiger partial charge is 0.346 e. The highest BCUT2D eigenvalue weighted by molar-refractivity contribution is 7.99. The maximum atomic E-state index is 12.1. The maximum Gasteiger partial charge on any atom is 0.292 e. The van der Waals surface area contributed by atoms with Crippen LogP contribution < -0.4 is 10.6 Å². The van der Waals surface area contributed by atoms with E-state index in [-0.39, 0.29) is 23.8 Å². The zero-order valence-corrected chi connectivity index (χ0v) is 12.4. The van der Waals surface area contributed by atoms with Gasteiger partial charge < -0.3 is 15.2 Å². The van der Waals surface area contributed by atoms with Gasteiger partial charge in [0.1, 0.15) is 0 Å². The van der Waals surface area contributed by atoms with Gasteiger partial charge in [0.2, 0.25) is 5.89 Å². The lowest BCUT2D eigenvalue weighted by Gasteiger charge is -2.10. The Hall–Kier alpha value is -1.08. The lowest BCUT2D eigenvalue weighted by Crippen LogP contribution is -2.33. The second-order valence-corrected chi connectivity index (χ2v) is 6.58. The Labute approximate surface area is 122 Å². The van der Waals surface area contributed by atoms with Gasteiger partial charge in [-0.05, 0) is 44.9 Å². The number of nitrogens with zero attached hydrogens (tertiary/aromatic N) is 2. The predicted octanol–water partition coefficient (Wildman–Crippen LogP) is 1.51. The first-order valence-electron chi connectivity index (χ1n) is 7.17. The number of amides is 1. The number of carbonyl (C=O) groups is 1. The molecule has 0 radical (unpaired) electrons. The summed E-state index contributed by atoms with van der Waals surface area (Å²) >= 11 is 1.87. The number of rotatable bonds is 4. The fourth-order valence-electron chi connectivity index (χ4n) is 2.90. The zero-order chi connectivity index (χ0) is 13.9. The molecule has 1 aromatic rings. The topological polar surface area (TPSA) is 80.0 Å². The van der Waals surface area contributed by atoms with Crippen LogP contribution in [0.15, 0.2) is 4.52 Å². The van der Waals surface area contributed by atoms with Crippen LogP contribution in [-0.4, -0.2) is 40.1 Å². The number of hydrogen-bond donors (Lipinski definition) is 2. The molecule has 2 aliphatic rings. The molecule has 1 aliphatic heterocycles. The van der Waals surface area contributed by atoms with Gasteiger partial charge in [-0.3, -0.25) is 4.79 Å². The first-order valence-corrected chi connectivity index (χ1v) is 8.45. The summed E-state index contributed by atoms with van der Waals surface area (Å²) < 4.78 is 5.19. The Morgan fingerprint density at radius 2 is 2.35 bits per heavy atom. The molecule has 3 atom stereocenters. The van der Waals surface area contributed by atoms with Crippen molar-refractivity contribution in [3.8, 4) is 0 Å². The van der Waals surface area contributed by atoms with Gasteiger partial charge >= 0.3 is 0 Å². The van der Waals surface area contributed by atoms with E-state index in [4.69, 9.17) is 4.52 Å². The number of hydrogen-bond acceptors (Lipinski definition) is 6. The van der Waals surface area contributed by atoms with Crippen molar-refractivity contribution in [1.29, 1.82) is 0 Å². The lowest BCUT2D eigenvalue weighted by atomic mass is 10.2. The minimum atomic E-state index is -0.218. The minimum absolute atomic E-state index is 0.108. The molecular formula is C13H20N4O2S. The third-order valence-electron chi connectivity index (χ3n) is 4.06. The fraction of sp³-hybridized carbons (Fsp3) is 0.769. The van der Waals surface area contributed by atoms with E-state index in [1.165, 1.54) is 0 Å². The fourth-order valence-corrected chi connectivity index (χ4v) is 3.70. The molecule has 7 heteroatoms. The smallest absolute Gasteiger partial charge is 0.292 e. The molecule has 3 rings (SSSR count). The van der Waals surface area contributed by atoms with Gasteiger partial charge in [-0.25, -0.2) is 0 Å². The van der Waals surface area contributed by atoms with E-state index in [0.29, 0.717) is 11.1 Å². The molecule has 2 fully saturated rings. The Morgan fingerprint density at radius 1 is 1.45 bits per heavy atom. The molecule has 1 aliphatic carbocycles. The highest BCUT2D eigenvalue weighted by Crippen LogP contribution is 2.28. The maximum absolute atomic E-state index is 12.1. The van der Waals surface area contributed by atoms with Crippen molar-refractivity contribution < 1.29 is 9.32 Å². The van der Waals surface area contributed by atoms with Gasteiger partial charge in [0, 0.05) is 11.3 Å². The summed E-state index contributed by atoms with van der Waals surface area (Å²) in [5.41, 5.74) is 0. The van der Waals surface area contributed by atoms with Crippen molar-refractivity contribution in [3.05, 3.63) is 11.7 Å². The number of nitrogens with one attached hydrogen (secondary N) is 2. The third-order valence-corrected chi connectivity index (χ3v) is 5.15. The number of aromatic nitrogens is 2. The SMILES string of the molecule is CSC1CCC(NC(=O)c2noc(C3CCCN3)n2)C1. The van der Waals surface area contributed by atoms with Crippen LogP contribution in [0, 0.1) is 0 Å². The lowest BCUT2D eigenvalue weighted by molar-refractivity contribution is 0.0924. The van der Waals surface area contributed by atoms with Crippen LogP contribution in [0.4, 0.5) is 0 Å². The van der Waals surface area contributed by atoms with E-state index >= 15 is 0 Å². The molecule has 20 heavy (non-hydrogen) atoms. The first kappa shape index (κ1) is 13.9. The van der Waals surface area contributed by atoms with Crippen LogP contribution in [0.1, 0.15) is 54.7 Å². The van der Waals surface area contributed by atoms with Crippen molar-refractivity contribution in [1.82, 2.24) is 20.8 Å². The van der Waals surface area contributed by atoms with Gasteiger partial charge in [0.05, 0.1) is 6.04 Å². The van der Waals surface area contributed by atoms with E-state index in [1.54, 1.807) is 0 Å². The van der Waals surface area contributed by atoms with Crippen molar-refractivity contribution in [2.24, 2.45) is 0 Å². The van der Waals surface area contributed by atoms with Gasteiger partial charge in [-0.15, -0.1) is 0 Å². The Bertz CT molecular complexity index is 473. The first-order chi connectivity index (χ1) is 9.76. The average molecular weight is 296 g/mol. The van der Waals surface area contributed by atoms with Crippen molar-refractivity contribution >= 4 is 17.7 Å². The Morgan fingerprint density at radius 3 is 3.05 bits per heavy atom. The molecular weight excluding hydrogens is 276 g/mol. The highest BCUT2D eigenvalue weighted by Gasteiger charge is 2.28. The van der Waals surface area contributed by atoms with E-state index < -0.39 is 0 Å². The van der Waals surface area contributed by atoms with Crippen LogP contribution in [0.3, 0.4) is 0 Å². The number of carbonyl (C=O) groups excluding carboxylic acids is 1. The van der Waals surface area contributed by atoms with E-state index in [9.17, 15) is 4.79 Å². The predicted molar refractivity (Wildman–Crippen MR) is 76.7 cm³/mol. The summed E-state index contributed by atoms with van der Waals surface area (Å²) in [6, 6.07) is 0.350. The van der Waals surface area contributed by atoms with Crippen LogP contribution in [-0.2, 0) is 0 Å². The summed E-state index contributed by atoms with van der Waals surface area (Å²) in [5.74, 6) is 0.465. The molecule has 6 nitrogen and oxygen atoms in total. The molecule has 1 saturated carbocycles. The van der Waals surface area contributed by atoms with E-state index in [1.807, 2.05) is 11.8 Å². The highest BCUT2D eigenvalue weighted by atomic mass is 32.2. The minimum Gasteiger partial charge on any atom is -0.346 e. The molecule has 1 saturated heterocycles.